The zero-order valence-electron chi connectivity index (χ0n) is 11.0. The van der Waals surface area contributed by atoms with Crippen molar-refractivity contribution in [1.82, 2.24) is 10.0 Å². The molecule has 2 N–H and O–H groups in total. The average Bonchev–Trinajstić information content (AvgIpc) is 2.27. The summed E-state index contributed by atoms with van der Waals surface area (Å²) in [6, 6.07) is 0. The van der Waals surface area contributed by atoms with Gasteiger partial charge in [0.25, 0.3) is 0 Å². The molecule has 100 valence electrons. The van der Waals surface area contributed by atoms with E-state index in [9.17, 15) is 8.42 Å². The van der Waals surface area contributed by atoms with Crippen LogP contribution in [0.5, 0.6) is 0 Å². The summed E-state index contributed by atoms with van der Waals surface area (Å²) in [6.07, 6.45) is 4.72. The van der Waals surface area contributed by atoms with Crippen molar-refractivity contribution in [2.24, 2.45) is 11.8 Å². The van der Waals surface area contributed by atoms with Crippen molar-refractivity contribution >= 4 is 10.0 Å². The number of allylic oxidation sites excluding steroid dienone is 1. The highest BCUT2D eigenvalue weighted by Crippen LogP contribution is 2.29. The highest BCUT2D eigenvalue weighted by Gasteiger charge is 2.21. The Kier molecular flexibility index (Phi) is 5.62. The molecule has 17 heavy (non-hydrogen) atoms. The molecule has 5 heteroatoms. The molecule has 0 aliphatic heterocycles. The summed E-state index contributed by atoms with van der Waals surface area (Å²) < 4.78 is 24.8. The largest absolute Gasteiger partial charge is 0.315 e. The van der Waals surface area contributed by atoms with E-state index in [0.29, 0.717) is 18.4 Å². The van der Waals surface area contributed by atoms with E-state index < -0.39 is 10.0 Å². The molecule has 0 unspecified atom stereocenters. The molecule has 0 saturated carbocycles. The normalized spacial score (nSPS) is 25.7. The van der Waals surface area contributed by atoms with Crippen LogP contribution in [0.3, 0.4) is 0 Å². The Labute approximate surface area is 105 Å². The fraction of sp³-hybridized carbons (Fsp3) is 0.833. The number of hydrogen-bond acceptors (Lipinski definition) is 3. The maximum absolute atomic E-state index is 11.2. The average molecular weight is 260 g/mol. The molecule has 1 aliphatic rings. The first kappa shape index (κ1) is 14.7. The molecule has 0 saturated heterocycles. The van der Waals surface area contributed by atoms with E-state index in [4.69, 9.17) is 0 Å². The van der Waals surface area contributed by atoms with E-state index in [0.717, 1.165) is 6.54 Å². The van der Waals surface area contributed by atoms with Crippen LogP contribution in [-0.4, -0.2) is 34.3 Å². The number of hydrogen-bond donors (Lipinski definition) is 2. The Morgan fingerprint density at radius 2 is 2.18 bits per heavy atom. The van der Waals surface area contributed by atoms with Crippen LogP contribution in [0.2, 0.25) is 0 Å². The quantitative estimate of drug-likeness (QED) is 0.556. The second-order valence-corrected chi connectivity index (χ2v) is 6.88. The fourth-order valence-electron chi connectivity index (χ4n) is 2.30. The molecular formula is C12H24N2O2S. The van der Waals surface area contributed by atoms with Crippen LogP contribution in [0.1, 0.15) is 26.7 Å². The molecule has 0 bridgehead atoms. The first-order chi connectivity index (χ1) is 7.96. The van der Waals surface area contributed by atoms with Crippen molar-refractivity contribution in [1.29, 1.82) is 0 Å². The van der Waals surface area contributed by atoms with Gasteiger partial charge in [0.1, 0.15) is 0 Å². The number of rotatable bonds is 6. The topological polar surface area (TPSA) is 58.2 Å². The zero-order chi connectivity index (χ0) is 12.9. The predicted molar refractivity (Wildman–Crippen MR) is 71.4 cm³/mol. The molecule has 0 amide bonds. The molecule has 2 atom stereocenters. The van der Waals surface area contributed by atoms with Gasteiger partial charge < -0.3 is 5.32 Å². The molecule has 0 spiro atoms. The van der Waals surface area contributed by atoms with Gasteiger partial charge in [0.15, 0.2) is 0 Å². The van der Waals surface area contributed by atoms with Gasteiger partial charge in [-0.15, -0.1) is 0 Å². The summed E-state index contributed by atoms with van der Waals surface area (Å²) >= 11 is 0. The van der Waals surface area contributed by atoms with E-state index in [2.05, 4.69) is 30.0 Å². The minimum absolute atomic E-state index is 0.146. The van der Waals surface area contributed by atoms with Crippen LogP contribution >= 0.6 is 0 Å². The van der Waals surface area contributed by atoms with Crippen molar-refractivity contribution in [2.75, 3.05) is 25.9 Å². The second kappa shape index (κ2) is 6.52. The maximum Gasteiger partial charge on any atom is 0.212 e. The monoisotopic (exact) mass is 260 g/mol. The van der Waals surface area contributed by atoms with Gasteiger partial charge in [-0.1, -0.05) is 18.6 Å². The molecule has 4 nitrogen and oxygen atoms in total. The lowest BCUT2D eigenvalue weighted by molar-refractivity contribution is 0.353. The minimum atomic E-state index is -3.08. The van der Waals surface area contributed by atoms with Crippen molar-refractivity contribution in [3.63, 3.8) is 0 Å². The van der Waals surface area contributed by atoms with Crippen molar-refractivity contribution in [3.05, 3.63) is 11.6 Å². The third-order valence-corrected chi connectivity index (χ3v) is 4.95. The van der Waals surface area contributed by atoms with Crippen molar-refractivity contribution in [2.45, 2.75) is 26.7 Å². The van der Waals surface area contributed by atoms with Gasteiger partial charge in [0.2, 0.25) is 10.0 Å². The Hall–Kier alpha value is -0.390. The summed E-state index contributed by atoms with van der Waals surface area (Å²) in [4.78, 5) is 0. The number of sulfonamides is 1. The third-order valence-electron chi connectivity index (χ3n) is 3.58. The summed E-state index contributed by atoms with van der Waals surface area (Å²) in [7, 11) is -1.63. The van der Waals surface area contributed by atoms with Gasteiger partial charge in [0, 0.05) is 13.1 Å². The fourth-order valence-corrected chi connectivity index (χ4v) is 2.92. The summed E-state index contributed by atoms with van der Waals surface area (Å²) in [5.74, 6) is 1.39. The van der Waals surface area contributed by atoms with E-state index >= 15 is 0 Å². The van der Waals surface area contributed by atoms with Gasteiger partial charge >= 0.3 is 0 Å². The Morgan fingerprint density at radius 1 is 1.47 bits per heavy atom. The molecule has 0 fully saturated rings. The summed E-state index contributed by atoms with van der Waals surface area (Å²) in [6.45, 7) is 5.84. The van der Waals surface area contributed by atoms with Gasteiger partial charge in [-0.2, -0.15) is 0 Å². The standard InChI is InChI=1S/C12H24N2O2S/c1-10-5-4-6-11(2)12(10)9-14-7-8-17(15,16)13-3/h5,11-14H,4,6-9H2,1-3H3/t11-,12-/m0/s1. The van der Waals surface area contributed by atoms with Gasteiger partial charge in [-0.25, -0.2) is 13.1 Å². The third kappa shape index (κ3) is 4.77. The van der Waals surface area contributed by atoms with Gasteiger partial charge in [-0.05, 0) is 38.6 Å². The summed E-state index contributed by atoms with van der Waals surface area (Å²) in [5.41, 5.74) is 1.44. The SMILES string of the molecule is CNS(=O)(=O)CCNC[C@H]1C(C)=CCC[C@@H]1C. The predicted octanol–water partition coefficient (Wildman–Crippen LogP) is 1.12. The van der Waals surface area contributed by atoms with Crippen LogP contribution in [0.15, 0.2) is 11.6 Å². The minimum Gasteiger partial charge on any atom is -0.315 e. The molecule has 0 aromatic rings. The summed E-state index contributed by atoms with van der Waals surface area (Å²) in [5, 5.41) is 3.25. The van der Waals surface area contributed by atoms with E-state index in [1.807, 2.05) is 0 Å². The number of nitrogens with one attached hydrogen (secondary N) is 2. The first-order valence-electron chi connectivity index (χ1n) is 6.25. The lowest BCUT2D eigenvalue weighted by atomic mass is 9.80. The molecule has 0 aromatic carbocycles. The molecule has 0 aromatic heterocycles. The maximum atomic E-state index is 11.2. The first-order valence-corrected chi connectivity index (χ1v) is 7.90. The lowest BCUT2D eigenvalue weighted by Gasteiger charge is -2.29. The molecule has 1 aliphatic carbocycles. The Balaban J connectivity index is 2.31. The second-order valence-electron chi connectivity index (χ2n) is 4.84. The smallest absolute Gasteiger partial charge is 0.212 e. The van der Waals surface area contributed by atoms with Crippen molar-refractivity contribution < 1.29 is 8.42 Å². The Bertz CT molecular complexity index is 363. The Morgan fingerprint density at radius 3 is 2.76 bits per heavy atom. The molecule has 0 radical (unpaired) electrons. The lowest BCUT2D eigenvalue weighted by Crippen LogP contribution is -2.34. The van der Waals surface area contributed by atoms with Crippen LogP contribution < -0.4 is 10.0 Å². The van der Waals surface area contributed by atoms with Gasteiger partial charge in [0.05, 0.1) is 5.75 Å². The van der Waals surface area contributed by atoms with Crippen LogP contribution in [0.4, 0.5) is 0 Å². The molecule has 1 rings (SSSR count). The zero-order valence-corrected chi connectivity index (χ0v) is 11.8. The van der Waals surface area contributed by atoms with Crippen LogP contribution in [0, 0.1) is 11.8 Å². The highest BCUT2D eigenvalue weighted by molar-refractivity contribution is 7.89. The van der Waals surface area contributed by atoms with E-state index in [1.54, 1.807) is 0 Å². The van der Waals surface area contributed by atoms with Crippen LogP contribution in [0.25, 0.3) is 0 Å². The molecular weight excluding hydrogens is 236 g/mol. The molecule has 0 heterocycles. The van der Waals surface area contributed by atoms with E-state index in [-0.39, 0.29) is 5.75 Å². The highest BCUT2D eigenvalue weighted by atomic mass is 32.2. The van der Waals surface area contributed by atoms with Gasteiger partial charge in [-0.3, -0.25) is 0 Å². The van der Waals surface area contributed by atoms with Crippen molar-refractivity contribution in [3.8, 4) is 0 Å². The van der Waals surface area contributed by atoms with E-state index in [1.165, 1.54) is 25.5 Å². The van der Waals surface area contributed by atoms with Crippen LogP contribution in [-0.2, 0) is 10.0 Å².